The molecule has 1 saturated heterocycles. The van der Waals surface area contributed by atoms with Gasteiger partial charge in [0.1, 0.15) is 24.2 Å². The van der Waals surface area contributed by atoms with Crippen LogP contribution in [0.25, 0.3) is 17.2 Å². The maximum atomic E-state index is 13.7. The van der Waals surface area contributed by atoms with Crippen molar-refractivity contribution in [2.24, 2.45) is 0 Å². The Morgan fingerprint density at radius 2 is 2.06 bits per heavy atom. The fourth-order valence-electron chi connectivity index (χ4n) is 4.19. The lowest BCUT2D eigenvalue weighted by atomic mass is 9.96. The third kappa shape index (κ3) is 4.00. The summed E-state index contributed by atoms with van der Waals surface area (Å²) in [7, 11) is 0. The zero-order chi connectivity index (χ0) is 25.1. The molecular weight excluding hydrogens is 469 g/mol. The number of fused-ring (bicyclic) bond motifs is 5. The Bertz CT molecular complexity index is 1320. The van der Waals surface area contributed by atoms with E-state index in [0.717, 1.165) is 6.07 Å². The predicted molar refractivity (Wildman–Crippen MR) is 113 cm³/mol. The number of nitrogens with zero attached hydrogens (tertiary/aromatic N) is 5. The van der Waals surface area contributed by atoms with Gasteiger partial charge in [-0.15, -0.1) is 0 Å². The van der Waals surface area contributed by atoms with Crippen LogP contribution in [0.15, 0.2) is 29.0 Å². The van der Waals surface area contributed by atoms with Gasteiger partial charge in [0.2, 0.25) is 11.7 Å². The van der Waals surface area contributed by atoms with Crippen molar-refractivity contribution in [2.75, 3.05) is 6.54 Å². The molecule has 0 unspecified atom stereocenters. The Hall–Kier alpha value is -3.90. The van der Waals surface area contributed by atoms with Gasteiger partial charge in [0, 0.05) is 6.54 Å². The molecule has 1 N–H and O–H groups in total. The first-order valence-electron chi connectivity index (χ1n) is 10.8. The van der Waals surface area contributed by atoms with Crippen LogP contribution in [0, 0.1) is 0 Å². The Morgan fingerprint density at radius 3 is 2.71 bits per heavy atom. The lowest BCUT2D eigenvalue weighted by molar-refractivity contribution is -0.138. The fraction of sp³-hybridized carbons (Fsp3) is 0.409. The lowest BCUT2D eigenvalue weighted by Gasteiger charge is -2.40. The van der Waals surface area contributed by atoms with Gasteiger partial charge in [-0.3, -0.25) is 9.36 Å². The third-order valence-corrected chi connectivity index (χ3v) is 5.68. The number of amides is 2. The van der Waals surface area contributed by atoms with Crippen LogP contribution in [-0.2, 0) is 17.5 Å². The summed E-state index contributed by atoms with van der Waals surface area (Å²) in [5, 5.41) is 6.44. The highest BCUT2D eigenvalue weighted by Crippen LogP contribution is 2.45. The second-order valence-electron chi connectivity index (χ2n) is 9.22. The van der Waals surface area contributed by atoms with Gasteiger partial charge in [-0.05, 0) is 39.3 Å². The summed E-state index contributed by atoms with van der Waals surface area (Å²) in [6.45, 7) is 5.41. The summed E-state index contributed by atoms with van der Waals surface area (Å²) >= 11 is 0. The van der Waals surface area contributed by atoms with Crippen LogP contribution in [0.3, 0.4) is 0 Å². The maximum Gasteiger partial charge on any atom is 0.417 e. The second-order valence-corrected chi connectivity index (χ2v) is 9.22. The molecule has 2 aliphatic heterocycles. The van der Waals surface area contributed by atoms with Gasteiger partial charge in [-0.2, -0.15) is 18.2 Å². The normalized spacial score (nSPS) is 17.1. The van der Waals surface area contributed by atoms with Crippen molar-refractivity contribution in [2.45, 2.75) is 51.6 Å². The van der Waals surface area contributed by atoms with E-state index in [1.807, 2.05) is 0 Å². The standard InChI is InChI=1S/C22H21F3N6O4/c1-21(2,3)34-20(33)26-9-14-28-18(29-35-14)16-17-13-7-8-30(13)19(32)15-11(22(23,24)25)5-4-6-12(15)31(17)10-27-16/h4-6,10,13H,7-9H2,1-3H3,(H,26,33)/t13-/m0/s1. The lowest BCUT2D eigenvalue weighted by Crippen LogP contribution is -2.45. The molecule has 0 spiro atoms. The molecule has 5 rings (SSSR count). The molecular formula is C22H21F3N6O4. The van der Waals surface area contributed by atoms with E-state index in [4.69, 9.17) is 9.26 Å². The van der Waals surface area contributed by atoms with Gasteiger partial charge in [0.25, 0.3) is 5.91 Å². The number of hydrogen-bond donors (Lipinski definition) is 1. The van der Waals surface area contributed by atoms with Crippen molar-refractivity contribution in [3.63, 3.8) is 0 Å². The van der Waals surface area contributed by atoms with Crippen molar-refractivity contribution >= 4 is 12.0 Å². The summed E-state index contributed by atoms with van der Waals surface area (Å²) in [6.07, 6.45) is -3.45. The maximum absolute atomic E-state index is 13.7. The number of carbonyl (C=O) groups is 2. The summed E-state index contributed by atoms with van der Waals surface area (Å²) < 4.78 is 53.0. The van der Waals surface area contributed by atoms with Gasteiger partial charge < -0.3 is 19.5 Å². The smallest absolute Gasteiger partial charge is 0.417 e. The van der Waals surface area contributed by atoms with Crippen molar-refractivity contribution in [1.29, 1.82) is 0 Å². The molecule has 1 aromatic carbocycles. The van der Waals surface area contributed by atoms with E-state index in [9.17, 15) is 22.8 Å². The van der Waals surface area contributed by atoms with Gasteiger partial charge >= 0.3 is 12.3 Å². The summed E-state index contributed by atoms with van der Waals surface area (Å²) in [6, 6.07) is 3.12. The van der Waals surface area contributed by atoms with E-state index in [2.05, 4.69) is 20.4 Å². The third-order valence-electron chi connectivity index (χ3n) is 5.68. The van der Waals surface area contributed by atoms with Crippen LogP contribution >= 0.6 is 0 Å². The molecule has 3 aromatic rings. The molecule has 0 bridgehead atoms. The number of alkyl carbamates (subject to hydrolysis) is 1. The number of aromatic nitrogens is 4. The Labute approximate surface area is 197 Å². The Morgan fingerprint density at radius 1 is 1.29 bits per heavy atom. The van der Waals surface area contributed by atoms with Crippen molar-refractivity contribution < 1.29 is 32.0 Å². The van der Waals surface area contributed by atoms with E-state index in [1.54, 1.807) is 20.8 Å². The molecule has 4 heterocycles. The van der Waals surface area contributed by atoms with E-state index < -0.39 is 40.9 Å². The molecule has 2 amide bonds. The monoisotopic (exact) mass is 490 g/mol. The minimum atomic E-state index is -4.70. The number of nitrogens with one attached hydrogen (secondary N) is 1. The average Bonchev–Trinajstić information content (AvgIpc) is 3.34. The first-order valence-corrected chi connectivity index (χ1v) is 10.8. The van der Waals surface area contributed by atoms with Gasteiger partial charge in [-0.25, -0.2) is 9.78 Å². The van der Waals surface area contributed by atoms with E-state index in [-0.39, 0.29) is 29.6 Å². The van der Waals surface area contributed by atoms with E-state index in [1.165, 1.54) is 27.9 Å². The molecule has 0 radical (unpaired) electrons. The van der Waals surface area contributed by atoms with Gasteiger partial charge in [0.05, 0.1) is 28.6 Å². The molecule has 0 aliphatic carbocycles. The summed E-state index contributed by atoms with van der Waals surface area (Å²) in [5.74, 6) is -0.508. The molecule has 13 heteroatoms. The van der Waals surface area contributed by atoms with Crippen LogP contribution in [0.4, 0.5) is 18.0 Å². The van der Waals surface area contributed by atoms with Crippen molar-refractivity contribution in [3.8, 4) is 17.2 Å². The quantitative estimate of drug-likeness (QED) is 0.593. The summed E-state index contributed by atoms with van der Waals surface area (Å²) in [4.78, 5) is 35.0. The molecule has 2 aromatic heterocycles. The highest BCUT2D eigenvalue weighted by atomic mass is 19.4. The highest BCUT2D eigenvalue weighted by molar-refractivity contribution is 6.01. The number of ether oxygens (including phenoxy) is 1. The van der Waals surface area contributed by atoms with Crippen LogP contribution in [-0.4, -0.2) is 48.7 Å². The highest BCUT2D eigenvalue weighted by Gasteiger charge is 2.46. The number of imidazole rings is 1. The van der Waals surface area contributed by atoms with Gasteiger partial charge in [-0.1, -0.05) is 11.2 Å². The Kier molecular flexibility index (Phi) is 5.11. The molecule has 2 aliphatic rings. The summed E-state index contributed by atoms with van der Waals surface area (Å²) in [5.41, 5.74) is -1.22. The van der Waals surface area contributed by atoms with E-state index in [0.29, 0.717) is 18.7 Å². The number of rotatable bonds is 3. The molecule has 184 valence electrons. The second kappa shape index (κ2) is 7.82. The van der Waals surface area contributed by atoms with Crippen LogP contribution in [0.2, 0.25) is 0 Å². The Balaban J connectivity index is 1.50. The number of benzene rings is 1. The number of halogens is 3. The number of alkyl halides is 3. The zero-order valence-corrected chi connectivity index (χ0v) is 19.0. The van der Waals surface area contributed by atoms with E-state index >= 15 is 0 Å². The topological polar surface area (TPSA) is 115 Å². The minimum absolute atomic E-state index is 0.0857. The fourth-order valence-corrected chi connectivity index (χ4v) is 4.19. The van der Waals surface area contributed by atoms with Crippen LogP contribution < -0.4 is 5.32 Å². The number of carbonyl (C=O) groups excluding carboxylic acids is 2. The molecule has 1 fully saturated rings. The van der Waals surface area contributed by atoms with Gasteiger partial charge in [0.15, 0.2) is 0 Å². The minimum Gasteiger partial charge on any atom is -0.444 e. The predicted octanol–water partition coefficient (Wildman–Crippen LogP) is 3.87. The number of hydrogen-bond acceptors (Lipinski definition) is 7. The van der Waals surface area contributed by atoms with Crippen LogP contribution in [0.5, 0.6) is 0 Å². The molecule has 10 nitrogen and oxygen atoms in total. The first kappa shape index (κ1) is 22.9. The SMILES string of the molecule is CC(C)(C)OC(=O)NCc1nc(-c2ncn3c2[C@@H]2CCN2C(=O)c2c-3cccc2C(F)(F)F)no1. The van der Waals surface area contributed by atoms with Crippen molar-refractivity contribution in [1.82, 2.24) is 29.9 Å². The average molecular weight is 490 g/mol. The van der Waals surface area contributed by atoms with Crippen molar-refractivity contribution in [3.05, 3.63) is 47.2 Å². The van der Waals surface area contributed by atoms with Crippen LogP contribution in [0.1, 0.15) is 60.7 Å². The molecule has 0 saturated carbocycles. The molecule has 35 heavy (non-hydrogen) atoms. The first-order chi connectivity index (χ1) is 16.4. The molecule has 1 atom stereocenters. The zero-order valence-electron chi connectivity index (χ0n) is 19.0. The largest absolute Gasteiger partial charge is 0.444 e.